The fourth-order valence-corrected chi connectivity index (χ4v) is 3.28. The smallest absolute Gasteiger partial charge is 0.208 e. The molecule has 0 amide bonds. The summed E-state index contributed by atoms with van der Waals surface area (Å²) >= 11 is 0. The van der Waals surface area contributed by atoms with Crippen LogP contribution in [0.5, 0.6) is 0 Å². The Bertz CT molecular complexity index is 714. The van der Waals surface area contributed by atoms with Gasteiger partial charge >= 0.3 is 0 Å². The van der Waals surface area contributed by atoms with Crippen molar-refractivity contribution in [2.24, 2.45) is 0 Å². The number of benzene rings is 1. The highest BCUT2D eigenvalue weighted by molar-refractivity contribution is 5.24. The Labute approximate surface area is 132 Å². The van der Waals surface area contributed by atoms with Gasteiger partial charge in [-0.1, -0.05) is 0 Å². The van der Waals surface area contributed by atoms with E-state index in [0.29, 0.717) is 31.3 Å². The molecule has 1 saturated carbocycles. The predicted octanol–water partition coefficient (Wildman–Crippen LogP) is 3.14. The minimum atomic E-state index is -0.569. The molecule has 2 aliphatic rings. The molecular weight excluding hydrogens is 302 g/mol. The van der Waals surface area contributed by atoms with Crippen molar-refractivity contribution >= 4 is 0 Å². The number of oxazole rings is 1. The van der Waals surface area contributed by atoms with Gasteiger partial charge in [0.05, 0.1) is 18.8 Å². The Hall–Kier alpha value is -1.79. The van der Waals surface area contributed by atoms with Gasteiger partial charge in [-0.25, -0.2) is 13.8 Å². The highest BCUT2D eigenvalue weighted by Crippen LogP contribution is 2.41. The summed E-state index contributed by atoms with van der Waals surface area (Å²) in [5, 5.41) is 9.96. The quantitative estimate of drug-likeness (QED) is 0.940. The summed E-state index contributed by atoms with van der Waals surface area (Å²) in [6.45, 7) is 0.770. The van der Waals surface area contributed by atoms with E-state index in [1.165, 1.54) is 6.07 Å². The first-order valence-electron chi connectivity index (χ1n) is 7.92. The summed E-state index contributed by atoms with van der Waals surface area (Å²) in [6, 6.07) is 3.06. The molecule has 4 rings (SSSR count). The monoisotopic (exact) mass is 320 g/mol. The Balaban J connectivity index is 1.56. The van der Waals surface area contributed by atoms with Crippen LogP contribution >= 0.6 is 0 Å². The molecule has 2 heterocycles. The van der Waals surface area contributed by atoms with Gasteiger partial charge in [0.1, 0.15) is 17.4 Å². The van der Waals surface area contributed by atoms with Crippen LogP contribution in [0.25, 0.3) is 0 Å². The maximum atomic E-state index is 14.1. The summed E-state index contributed by atoms with van der Waals surface area (Å²) in [5.41, 5.74) is 0.274. The van der Waals surface area contributed by atoms with Crippen molar-refractivity contribution in [1.82, 2.24) is 9.88 Å². The lowest BCUT2D eigenvalue weighted by molar-refractivity contribution is 0.166. The number of hydrogen-bond acceptors (Lipinski definition) is 4. The highest BCUT2D eigenvalue weighted by Gasteiger charge is 2.35. The molecule has 6 heteroatoms. The minimum absolute atomic E-state index is 0.274. The maximum Gasteiger partial charge on any atom is 0.208 e. The molecule has 0 radical (unpaired) electrons. The third-order valence-corrected chi connectivity index (χ3v) is 4.59. The lowest BCUT2D eigenvalue weighted by Crippen LogP contribution is -2.25. The molecule has 0 unspecified atom stereocenters. The average molecular weight is 320 g/mol. The van der Waals surface area contributed by atoms with Gasteiger partial charge in [0.25, 0.3) is 0 Å². The molecule has 1 aromatic carbocycles. The summed E-state index contributed by atoms with van der Waals surface area (Å²) < 4.78 is 33.3. The second kappa shape index (κ2) is 5.69. The highest BCUT2D eigenvalue weighted by atomic mass is 19.1. The van der Waals surface area contributed by atoms with E-state index in [1.54, 1.807) is 6.20 Å². The molecule has 2 aromatic rings. The van der Waals surface area contributed by atoms with Gasteiger partial charge in [-0.3, -0.25) is 4.90 Å². The number of aliphatic hydroxyl groups excluding tert-OH is 1. The van der Waals surface area contributed by atoms with E-state index in [9.17, 15) is 13.9 Å². The predicted molar refractivity (Wildman–Crippen MR) is 78.6 cm³/mol. The number of β-amino-alcohol motifs (C(OH)–C–C–N with tert-alkyl or cyclic N) is 1. The molecule has 2 atom stereocenters. The van der Waals surface area contributed by atoms with Gasteiger partial charge in [-0.05, 0) is 37.5 Å². The van der Waals surface area contributed by atoms with Crippen molar-refractivity contribution < 1.29 is 18.3 Å². The average Bonchev–Trinajstić information content (AvgIpc) is 3.16. The minimum Gasteiger partial charge on any atom is -0.444 e. The molecule has 1 aliphatic carbocycles. The largest absolute Gasteiger partial charge is 0.444 e. The number of aromatic nitrogens is 1. The van der Waals surface area contributed by atoms with E-state index in [0.717, 1.165) is 30.7 Å². The lowest BCUT2D eigenvalue weighted by atomic mass is 10.0. The Morgan fingerprint density at radius 3 is 2.91 bits per heavy atom. The number of nitrogens with zero attached hydrogens (tertiary/aromatic N) is 2. The van der Waals surface area contributed by atoms with Crippen LogP contribution in [0.15, 0.2) is 28.8 Å². The molecule has 1 aromatic heterocycles. The van der Waals surface area contributed by atoms with Crippen molar-refractivity contribution in [3.8, 4) is 0 Å². The van der Waals surface area contributed by atoms with Crippen LogP contribution in [-0.2, 0) is 6.54 Å². The van der Waals surface area contributed by atoms with Crippen LogP contribution in [0.2, 0.25) is 0 Å². The van der Waals surface area contributed by atoms with E-state index >= 15 is 0 Å². The van der Waals surface area contributed by atoms with Crippen LogP contribution in [-0.4, -0.2) is 27.6 Å². The van der Waals surface area contributed by atoms with Gasteiger partial charge < -0.3 is 9.52 Å². The fraction of sp³-hybridized carbons (Fsp3) is 0.471. The van der Waals surface area contributed by atoms with Crippen molar-refractivity contribution in [2.75, 3.05) is 6.54 Å². The standard InChI is InChI=1S/C17H18F2N2O2/c18-11-3-4-14(19)13(5-11)15-6-12(22)8-21(15)9-17-20-7-16(23-17)10-1-2-10/h3-5,7,10,12,15,22H,1-2,6,8-9H2/t12-,15-/m1/s1. The Morgan fingerprint density at radius 2 is 2.13 bits per heavy atom. The third-order valence-electron chi connectivity index (χ3n) is 4.59. The molecule has 1 aliphatic heterocycles. The number of aliphatic hydroxyl groups is 1. The van der Waals surface area contributed by atoms with Gasteiger partial charge in [-0.15, -0.1) is 0 Å². The van der Waals surface area contributed by atoms with Crippen LogP contribution in [0.4, 0.5) is 8.78 Å². The third kappa shape index (κ3) is 3.01. The van der Waals surface area contributed by atoms with E-state index in [-0.39, 0.29) is 11.6 Å². The van der Waals surface area contributed by atoms with Gasteiger partial charge in [0, 0.05) is 24.1 Å². The number of halogens is 2. The topological polar surface area (TPSA) is 49.5 Å². The van der Waals surface area contributed by atoms with E-state index in [2.05, 4.69) is 4.98 Å². The first-order chi connectivity index (χ1) is 11.1. The zero-order chi connectivity index (χ0) is 16.0. The zero-order valence-electron chi connectivity index (χ0n) is 12.6. The molecule has 122 valence electrons. The summed E-state index contributed by atoms with van der Waals surface area (Å²) in [7, 11) is 0. The fourth-order valence-electron chi connectivity index (χ4n) is 3.28. The molecule has 2 fully saturated rings. The van der Waals surface area contributed by atoms with E-state index in [1.807, 2.05) is 4.90 Å². The Kier molecular flexibility index (Phi) is 3.66. The van der Waals surface area contributed by atoms with Crippen LogP contribution in [0, 0.1) is 11.6 Å². The molecule has 23 heavy (non-hydrogen) atoms. The van der Waals surface area contributed by atoms with E-state index < -0.39 is 17.7 Å². The molecule has 0 spiro atoms. The SMILES string of the molecule is O[C@@H]1C[C@H](c2cc(F)ccc2F)N(Cc2ncc(C3CC3)o2)C1. The molecule has 1 N–H and O–H groups in total. The first-order valence-corrected chi connectivity index (χ1v) is 7.92. The van der Waals surface area contributed by atoms with Crippen molar-refractivity contribution in [3.05, 3.63) is 53.2 Å². The normalized spacial score (nSPS) is 25.2. The second-order valence-electron chi connectivity index (χ2n) is 6.43. The van der Waals surface area contributed by atoms with Crippen molar-refractivity contribution in [2.45, 2.75) is 43.9 Å². The van der Waals surface area contributed by atoms with Gasteiger partial charge in [0.2, 0.25) is 5.89 Å². The first kappa shape index (κ1) is 14.8. The summed E-state index contributed by atoms with van der Waals surface area (Å²) in [6.07, 6.45) is 3.82. The van der Waals surface area contributed by atoms with Gasteiger partial charge in [0.15, 0.2) is 0 Å². The second-order valence-corrected chi connectivity index (χ2v) is 6.43. The molecular formula is C17H18F2N2O2. The maximum absolute atomic E-state index is 14.1. The Morgan fingerprint density at radius 1 is 1.30 bits per heavy atom. The molecule has 0 bridgehead atoms. The van der Waals surface area contributed by atoms with Crippen LogP contribution in [0.1, 0.15) is 48.4 Å². The van der Waals surface area contributed by atoms with Crippen LogP contribution < -0.4 is 0 Å². The molecule has 1 saturated heterocycles. The van der Waals surface area contributed by atoms with Crippen molar-refractivity contribution in [3.63, 3.8) is 0 Å². The number of likely N-dealkylation sites (tertiary alicyclic amines) is 1. The zero-order valence-corrected chi connectivity index (χ0v) is 12.6. The summed E-state index contributed by atoms with van der Waals surface area (Å²) in [5.74, 6) is 1.00. The van der Waals surface area contributed by atoms with Gasteiger partial charge in [-0.2, -0.15) is 0 Å². The number of rotatable bonds is 4. The summed E-state index contributed by atoms with van der Waals surface area (Å²) in [4.78, 5) is 6.17. The van der Waals surface area contributed by atoms with Crippen molar-refractivity contribution in [1.29, 1.82) is 0 Å². The lowest BCUT2D eigenvalue weighted by Gasteiger charge is -2.23. The van der Waals surface area contributed by atoms with Crippen LogP contribution in [0.3, 0.4) is 0 Å². The number of hydrogen-bond donors (Lipinski definition) is 1. The molecule has 4 nitrogen and oxygen atoms in total. The van der Waals surface area contributed by atoms with E-state index in [4.69, 9.17) is 4.42 Å².